The summed E-state index contributed by atoms with van der Waals surface area (Å²) in [6.07, 6.45) is 5.74. The zero-order valence-corrected chi connectivity index (χ0v) is 20.3. The van der Waals surface area contributed by atoms with Gasteiger partial charge in [-0.05, 0) is 67.0 Å². The van der Waals surface area contributed by atoms with Crippen molar-refractivity contribution in [2.75, 3.05) is 0 Å². The molecule has 1 aliphatic rings. The van der Waals surface area contributed by atoms with Crippen LogP contribution in [0.25, 0.3) is 16.6 Å². The molecule has 5 rings (SSSR count). The minimum atomic E-state index is -0.750. The Bertz CT molecular complexity index is 1180. The van der Waals surface area contributed by atoms with E-state index in [-0.39, 0.29) is 5.92 Å². The summed E-state index contributed by atoms with van der Waals surface area (Å²) in [7, 11) is 0. The van der Waals surface area contributed by atoms with Crippen LogP contribution in [0.1, 0.15) is 50.3 Å². The quantitative estimate of drug-likeness (QED) is 0.339. The summed E-state index contributed by atoms with van der Waals surface area (Å²) < 4.78 is 1.98. The molecule has 0 saturated heterocycles. The van der Waals surface area contributed by atoms with Gasteiger partial charge in [0.2, 0.25) is 0 Å². The normalized spacial score (nSPS) is 16.0. The highest BCUT2D eigenvalue weighted by Gasteiger charge is 2.42. The Labute approximate surface area is 198 Å². The van der Waals surface area contributed by atoms with Crippen LogP contribution in [0.3, 0.4) is 0 Å². The Balaban J connectivity index is 0.00000126. The van der Waals surface area contributed by atoms with Crippen molar-refractivity contribution in [1.82, 2.24) is 9.78 Å². The van der Waals surface area contributed by atoms with E-state index in [0.717, 1.165) is 16.6 Å². The highest BCUT2D eigenvalue weighted by Crippen LogP contribution is 2.44. The Hall–Kier alpha value is -2.91. The van der Waals surface area contributed by atoms with Gasteiger partial charge in [0.25, 0.3) is 0 Å². The lowest BCUT2D eigenvalue weighted by Crippen LogP contribution is -2.42. The van der Waals surface area contributed by atoms with Gasteiger partial charge in [0.05, 0.1) is 23.0 Å². The first-order chi connectivity index (χ1) is 16.0. The van der Waals surface area contributed by atoms with E-state index >= 15 is 0 Å². The zero-order valence-electron chi connectivity index (χ0n) is 20.3. The van der Waals surface area contributed by atoms with Crippen molar-refractivity contribution in [3.05, 3.63) is 95.7 Å². The maximum Gasteiger partial charge on any atom is 0.0756 e. The first-order valence-corrected chi connectivity index (χ1v) is 12.3. The topological polar surface area (TPSA) is 38.1 Å². The summed E-state index contributed by atoms with van der Waals surface area (Å²) in [6, 6.07) is 25.3. The number of aliphatic hydroxyl groups is 1. The van der Waals surface area contributed by atoms with Crippen LogP contribution in [0.15, 0.2) is 79.0 Å². The number of hydrogen-bond acceptors (Lipinski definition) is 2. The summed E-state index contributed by atoms with van der Waals surface area (Å²) in [5.41, 5.74) is 5.03. The molecule has 1 aromatic heterocycles. The number of para-hydroxylation sites is 1. The van der Waals surface area contributed by atoms with Crippen molar-refractivity contribution in [1.29, 1.82) is 0 Å². The fraction of sp³-hybridized carbons (Fsp3) is 0.367. The molecule has 0 amide bonds. The molecular weight excluding hydrogens is 404 g/mol. The van der Waals surface area contributed by atoms with Gasteiger partial charge in [-0.3, -0.25) is 0 Å². The van der Waals surface area contributed by atoms with E-state index in [2.05, 4.69) is 73.5 Å². The molecule has 2 unspecified atom stereocenters. The molecule has 172 valence electrons. The molecule has 33 heavy (non-hydrogen) atoms. The lowest BCUT2D eigenvalue weighted by atomic mass is 9.76. The molecule has 1 aliphatic carbocycles. The van der Waals surface area contributed by atoms with Gasteiger partial charge >= 0.3 is 0 Å². The number of aryl methyl sites for hydroxylation is 1. The maximum atomic E-state index is 11.9. The van der Waals surface area contributed by atoms with Gasteiger partial charge < -0.3 is 5.11 Å². The van der Waals surface area contributed by atoms with E-state index < -0.39 is 5.60 Å². The number of fused-ring (bicyclic) bond motifs is 1. The molecule has 0 spiro atoms. The summed E-state index contributed by atoms with van der Waals surface area (Å²) in [6.45, 7) is 8.34. The second kappa shape index (κ2) is 9.93. The Kier molecular flexibility index (Phi) is 6.99. The van der Waals surface area contributed by atoms with Crippen molar-refractivity contribution < 1.29 is 5.11 Å². The van der Waals surface area contributed by atoms with Gasteiger partial charge in [-0.15, -0.1) is 0 Å². The van der Waals surface area contributed by atoms with E-state index in [1.165, 1.54) is 29.5 Å². The number of rotatable bonds is 7. The standard InChI is InChI=1S/C28H30N2O.C2H6/c1-20-8-10-22(11-9-20)17-28(31,21(2)24-13-14-24)18-23-12-15-27-25(16-23)19-29-30(27)26-6-4-3-5-7-26;1-2/h3-12,15-16,19,21,24,31H,13-14,17-18H2,1-2H3;1-2H3. The number of aromatic nitrogens is 2. The predicted molar refractivity (Wildman–Crippen MR) is 138 cm³/mol. The zero-order chi connectivity index (χ0) is 23.4. The van der Waals surface area contributed by atoms with E-state index in [1.807, 2.05) is 42.9 Å². The molecule has 4 aromatic rings. The molecule has 1 fully saturated rings. The molecule has 3 nitrogen and oxygen atoms in total. The molecule has 0 bridgehead atoms. The van der Waals surface area contributed by atoms with Gasteiger partial charge in [-0.25, -0.2) is 4.68 Å². The monoisotopic (exact) mass is 440 g/mol. The molecule has 3 aromatic carbocycles. The van der Waals surface area contributed by atoms with Crippen molar-refractivity contribution in [2.45, 2.75) is 59.0 Å². The van der Waals surface area contributed by atoms with Gasteiger partial charge in [0.15, 0.2) is 0 Å². The van der Waals surface area contributed by atoms with Gasteiger partial charge in [-0.2, -0.15) is 5.10 Å². The molecule has 2 atom stereocenters. The van der Waals surface area contributed by atoms with Crippen LogP contribution < -0.4 is 0 Å². The highest BCUT2D eigenvalue weighted by molar-refractivity contribution is 5.81. The number of benzene rings is 3. The second-order valence-electron chi connectivity index (χ2n) is 9.35. The Morgan fingerprint density at radius 2 is 1.58 bits per heavy atom. The Morgan fingerprint density at radius 3 is 2.24 bits per heavy atom. The minimum absolute atomic E-state index is 0.275. The third-order valence-corrected chi connectivity index (χ3v) is 6.95. The van der Waals surface area contributed by atoms with Crippen LogP contribution in [0.4, 0.5) is 0 Å². The van der Waals surface area contributed by atoms with Crippen molar-refractivity contribution in [3.8, 4) is 5.69 Å². The first-order valence-electron chi connectivity index (χ1n) is 12.3. The molecule has 1 heterocycles. The highest BCUT2D eigenvalue weighted by atomic mass is 16.3. The summed E-state index contributed by atoms with van der Waals surface area (Å²) in [4.78, 5) is 0. The molecular formula is C30H36N2O. The third kappa shape index (κ3) is 5.20. The predicted octanol–water partition coefficient (Wildman–Crippen LogP) is 6.92. The van der Waals surface area contributed by atoms with Crippen molar-refractivity contribution >= 4 is 10.9 Å². The molecule has 1 N–H and O–H groups in total. The van der Waals surface area contributed by atoms with E-state index in [0.29, 0.717) is 18.8 Å². The van der Waals surface area contributed by atoms with Crippen LogP contribution in [0, 0.1) is 18.8 Å². The summed E-state index contributed by atoms with van der Waals surface area (Å²) in [5.74, 6) is 0.913. The molecule has 0 radical (unpaired) electrons. The van der Waals surface area contributed by atoms with E-state index in [4.69, 9.17) is 0 Å². The molecule has 3 heteroatoms. The number of nitrogens with zero attached hydrogens (tertiary/aromatic N) is 2. The minimum Gasteiger partial charge on any atom is -0.389 e. The van der Waals surface area contributed by atoms with Gasteiger partial charge in [0.1, 0.15) is 0 Å². The largest absolute Gasteiger partial charge is 0.389 e. The average Bonchev–Trinajstić information content (AvgIpc) is 3.61. The number of hydrogen-bond donors (Lipinski definition) is 1. The van der Waals surface area contributed by atoms with Crippen LogP contribution in [-0.4, -0.2) is 20.5 Å². The van der Waals surface area contributed by atoms with E-state index in [1.54, 1.807) is 0 Å². The SMILES string of the molecule is CC.Cc1ccc(CC(O)(Cc2ccc3c(cnn3-c3ccccc3)c2)C(C)C2CC2)cc1. The van der Waals surface area contributed by atoms with Crippen LogP contribution in [0.2, 0.25) is 0 Å². The lowest BCUT2D eigenvalue weighted by Gasteiger charge is -2.35. The summed E-state index contributed by atoms with van der Waals surface area (Å²) in [5, 5.41) is 17.6. The lowest BCUT2D eigenvalue weighted by molar-refractivity contribution is -0.0199. The fourth-order valence-corrected chi connectivity index (χ4v) is 4.80. The third-order valence-electron chi connectivity index (χ3n) is 6.95. The molecule has 0 aliphatic heterocycles. The first kappa shape index (κ1) is 23.3. The maximum absolute atomic E-state index is 11.9. The molecule has 1 saturated carbocycles. The van der Waals surface area contributed by atoms with Crippen LogP contribution in [0.5, 0.6) is 0 Å². The smallest absolute Gasteiger partial charge is 0.0756 e. The van der Waals surface area contributed by atoms with Gasteiger partial charge in [0, 0.05) is 18.2 Å². The Morgan fingerprint density at radius 1 is 0.939 bits per heavy atom. The van der Waals surface area contributed by atoms with E-state index in [9.17, 15) is 5.11 Å². The fourth-order valence-electron chi connectivity index (χ4n) is 4.80. The average molecular weight is 441 g/mol. The van der Waals surface area contributed by atoms with Crippen molar-refractivity contribution in [3.63, 3.8) is 0 Å². The van der Waals surface area contributed by atoms with Crippen molar-refractivity contribution in [2.24, 2.45) is 11.8 Å². The second-order valence-corrected chi connectivity index (χ2v) is 9.35. The van der Waals surface area contributed by atoms with Crippen LogP contribution in [-0.2, 0) is 12.8 Å². The summed E-state index contributed by atoms with van der Waals surface area (Å²) >= 11 is 0. The van der Waals surface area contributed by atoms with Crippen LogP contribution >= 0.6 is 0 Å². The van der Waals surface area contributed by atoms with Gasteiger partial charge in [-0.1, -0.05) is 74.9 Å².